The largest absolute Gasteiger partial charge is 0.457 e. The van der Waals surface area contributed by atoms with Gasteiger partial charge in [-0.15, -0.1) is 0 Å². The van der Waals surface area contributed by atoms with Crippen LogP contribution in [0, 0.1) is 5.92 Å². The van der Waals surface area contributed by atoms with Crippen LogP contribution in [-0.2, 0) is 0 Å². The second-order valence-corrected chi connectivity index (χ2v) is 6.88. The minimum absolute atomic E-state index is 0.310. The molecule has 1 fully saturated rings. The number of fused-ring (bicyclic) bond motifs is 2. The van der Waals surface area contributed by atoms with Gasteiger partial charge >= 0.3 is 5.76 Å². The molecule has 1 aromatic heterocycles. The quantitative estimate of drug-likeness (QED) is 0.770. The second kappa shape index (κ2) is 6.14. The molecule has 2 aliphatic heterocycles. The molecule has 0 bridgehead atoms. The van der Waals surface area contributed by atoms with Gasteiger partial charge in [0.2, 0.25) is 0 Å². The van der Waals surface area contributed by atoms with Gasteiger partial charge in [-0.05, 0) is 44.0 Å². The van der Waals surface area contributed by atoms with Crippen LogP contribution in [0.1, 0.15) is 29.9 Å². The summed E-state index contributed by atoms with van der Waals surface area (Å²) in [6.45, 7) is 2.10. The Labute approximate surface area is 150 Å². The lowest BCUT2D eigenvalue weighted by Gasteiger charge is -2.36. The zero-order chi connectivity index (χ0) is 17.5. The first kappa shape index (κ1) is 15.4. The summed E-state index contributed by atoms with van der Waals surface area (Å²) in [5.74, 6) is 2.08. The van der Waals surface area contributed by atoms with Crippen LogP contribution in [0.25, 0.3) is 5.69 Å². The fourth-order valence-corrected chi connectivity index (χ4v) is 4.20. The minimum atomic E-state index is -0.504. The molecule has 1 atom stereocenters. The van der Waals surface area contributed by atoms with E-state index in [0.29, 0.717) is 17.5 Å². The maximum absolute atomic E-state index is 11.8. The molecule has 3 aromatic rings. The number of ether oxygens (including phenoxy) is 1. The van der Waals surface area contributed by atoms with E-state index in [4.69, 9.17) is 4.74 Å². The molecule has 0 amide bonds. The van der Waals surface area contributed by atoms with Crippen molar-refractivity contribution in [3.63, 3.8) is 0 Å². The molecule has 6 heteroatoms. The summed E-state index contributed by atoms with van der Waals surface area (Å²) >= 11 is 0. The zero-order valence-electron chi connectivity index (χ0n) is 14.2. The highest BCUT2D eigenvalue weighted by Crippen LogP contribution is 2.49. The number of piperidine rings is 1. The molecule has 132 valence electrons. The van der Waals surface area contributed by atoms with Crippen molar-refractivity contribution >= 4 is 0 Å². The predicted molar refractivity (Wildman–Crippen MR) is 96.1 cm³/mol. The number of nitrogens with zero attached hydrogens (tertiary/aromatic N) is 2. The van der Waals surface area contributed by atoms with Gasteiger partial charge in [0.1, 0.15) is 17.8 Å². The average molecular weight is 349 g/mol. The van der Waals surface area contributed by atoms with E-state index in [1.54, 1.807) is 0 Å². The van der Waals surface area contributed by atoms with E-state index in [2.05, 4.69) is 33.2 Å². The number of hydrogen-bond acceptors (Lipinski definition) is 5. The minimum Gasteiger partial charge on any atom is -0.457 e. The Morgan fingerprint density at radius 1 is 1.04 bits per heavy atom. The Hall–Kier alpha value is -2.86. The average Bonchev–Trinajstić information content (AvgIpc) is 3.12. The van der Waals surface area contributed by atoms with Gasteiger partial charge < -0.3 is 10.1 Å². The van der Waals surface area contributed by atoms with Crippen molar-refractivity contribution in [2.24, 2.45) is 5.92 Å². The molecule has 1 N–H and O–H groups in total. The third kappa shape index (κ3) is 2.45. The summed E-state index contributed by atoms with van der Waals surface area (Å²) in [5.41, 5.74) is 3.13. The normalized spacial score (nSPS) is 19.5. The van der Waals surface area contributed by atoms with E-state index < -0.39 is 5.76 Å². The maximum atomic E-state index is 11.8. The van der Waals surface area contributed by atoms with Crippen molar-refractivity contribution in [3.05, 3.63) is 70.5 Å². The summed E-state index contributed by atoms with van der Waals surface area (Å²) in [5, 5.41) is 7.01. The van der Waals surface area contributed by atoms with Crippen LogP contribution in [0.4, 0.5) is 0 Å². The summed E-state index contributed by atoms with van der Waals surface area (Å²) in [7, 11) is 0. The highest BCUT2D eigenvalue weighted by Gasteiger charge is 2.34. The molecule has 2 aliphatic rings. The van der Waals surface area contributed by atoms with Gasteiger partial charge in [0.15, 0.2) is 0 Å². The van der Waals surface area contributed by atoms with E-state index in [0.717, 1.165) is 37.4 Å². The fraction of sp³-hybridized carbons (Fsp3) is 0.300. The Balaban J connectivity index is 1.63. The first-order valence-electron chi connectivity index (χ1n) is 8.96. The highest BCUT2D eigenvalue weighted by atomic mass is 16.5. The maximum Gasteiger partial charge on any atom is 0.446 e. The number of nitrogens with one attached hydrogen (secondary N) is 1. The third-order valence-electron chi connectivity index (χ3n) is 5.43. The fourth-order valence-electron chi connectivity index (χ4n) is 4.20. The zero-order valence-corrected chi connectivity index (χ0v) is 14.2. The number of rotatable bonds is 2. The van der Waals surface area contributed by atoms with Crippen LogP contribution in [-0.4, -0.2) is 22.8 Å². The van der Waals surface area contributed by atoms with E-state index in [9.17, 15) is 4.79 Å². The van der Waals surface area contributed by atoms with Crippen LogP contribution in [0.15, 0.2) is 58.1 Å². The molecule has 3 heterocycles. The molecule has 0 radical (unpaired) electrons. The summed E-state index contributed by atoms with van der Waals surface area (Å²) in [4.78, 5) is 11.8. The molecule has 26 heavy (non-hydrogen) atoms. The van der Waals surface area contributed by atoms with Crippen LogP contribution in [0.5, 0.6) is 11.5 Å². The molecule has 1 saturated heterocycles. The predicted octanol–water partition coefficient (Wildman–Crippen LogP) is 3.06. The SMILES string of the molecule is O=c1oncn1-c1ccc2c(c1)Oc1ccccc1C2C1CCNCC1. The van der Waals surface area contributed by atoms with Crippen molar-refractivity contribution in [2.75, 3.05) is 13.1 Å². The first-order chi connectivity index (χ1) is 12.8. The Morgan fingerprint density at radius 3 is 2.65 bits per heavy atom. The Kier molecular flexibility index (Phi) is 3.64. The Bertz CT molecular complexity index is 1000. The van der Waals surface area contributed by atoms with E-state index in [1.807, 2.05) is 24.3 Å². The van der Waals surface area contributed by atoms with Gasteiger partial charge in [-0.25, -0.2) is 9.36 Å². The molecule has 5 rings (SSSR count). The van der Waals surface area contributed by atoms with Gasteiger partial charge in [-0.1, -0.05) is 29.4 Å². The lowest BCUT2D eigenvalue weighted by atomic mass is 9.75. The molecule has 1 unspecified atom stereocenters. The first-order valence-corrected chi connectivity index (χ1v) is 8.96. The van der Waals surface area contributed by atoms with Crippen molar-refractivity contribution < 1.29 is 9.26 Å². The molecule has 0 spiro atoms. The van der Waals surface area contributed by atoms with Gasteiger partial charge in [0, 0.05) is 23.1 Å². The molecule has 6 nitrogen and oxygen atoms in total. The number of benzene rings is 2. The van der Waals surface area contributed by atoms with Crippen LogP contribution < -0.4 is 15.8 Å². The summed E-state index contributed by atoms with van der Waals surface area (Å²) < 4.78 is 12.2. The van der Waals surface area contributed by atoms with Crippen molar-refractivity contribution in [1.29, 1.82) is 0 Å². The standard InChI is InChI=1S/C20H19N3O3/c24-20-23(12-22-26-20)14-5-6-16-18(11-14)25-17-4-2-1-3-15(17)19(16)13-7-9-21-10-8-13/h1-6,11-13,19,21H,7-10H2. The lowest BCUT2D eigenvalue weighted by molar-refractivity contribution is 0.321. The summed E-state index contributed by atoms with van der Waals surface area (Å²) in [6, 6.07) is 14.2. The number of para-hydroxylation sites is 1. The van der Waals surface area contributed by atoms with Crippen molar-refractivity contribution in [2.45, 2.75) is 18.8 Å². The molecule has 0 saturated carbocycles. The number of hydrogen-bond donors (Lipinski definition) is 1. The van der Waals surface area contributed by atoms with Gasteiger partial charge in [-0.2, -0.15) is 0 Å². The van der Waals surface area contributed by atoms with Crippen LogP contribution >= 0.6 is 0 Å². The van der Waals surface area contributed by atoms with Gasteiger partial charge in [0.05, 0.1) is 5.69 Å². The van der Waals surface area contributed by atoms with Gasteiger partial charge in [-0.3, -0.25) is 4.52 Å². The van der Waals surface area contributed by atoms with Crippen molar-refractivity contribution in [1.82, 2.24) is 15.0 Å². The van der Waals surface area contributed by atoms with E-state index in [1.165, 1.54) is 22.0 Å². The monoisotopic (exact) mass is 349 g/mol. The lowest BCUT2D eigenvalue weighted by Crippen LogP contribution is -2.32. The Morgan fingerprint density at radius 2 is 1.85 bits per heavy atom. The second-order valence-electron chi connectivity index (χ2n) is 6.88. The molecule has 2 aromatic carbocycles. The van der Waals surface area contributed by atoms with Crippen molar-refractivity contribution in [3.8, 4) is 17.2 Å². The van der Waals surface area contributed by atoms with E-state index in [-0.39, 0.29) is 0 Å². The molecular weight excluding hydrogens is 330 g/mol. The molecule has 0 aliphatic carbocycles. The smallest absolute Gasteiger partial charge is 0.446 e. The topological polar surface area (TPSA) is 69.3 Å². The summed E-state index contributed by atoms with van der Waals surface area (Å²) in [6.07, 6.45) is 3.67. The highest BCUT2D eigenvalue weighted by molar-refractivity contribution is 5.57. The molecular formula is C20H19N3O3. The third-order valence-corrected chi connectivity index (χ3v) is 5.43. The number of aromatic nitrogens is 2. The van der Waals surface area contributed by atoms with Gasteiger partial charge in [0.25, 0.3) is 0 Å². The van der Waals surface area contributed by atoms with Crippen LogP contribution in [0.3, 0.4) is 0 Å². The van der Waals surface area contributed by atoms with E-state index >= 15 is 0 Å². The van der Waals surface area contributed by atoms with Crippen LogP contribution in [0.2, 0.25) is 0 Å².